The molecule has 1 amide bonds. The van der Waals surface area contributed by atoms with Crippen molar-refractivity contribution < 1.29 is 23.1 Å². The number of esters is 1. The Labute approximate surface area is 126 Å². The first kappa shape index (κ1) is 17.4. The summed E-state index contributed by atoms with van der Waals surface area (Å²) < 4.78 is 30.9. The van der Waals surface area contributed by atoms with Crippen LogP contribution in [-0.4, -0.2) is 40.1 Å². The van der Waals surface area contributed by atoms with Gasteiger partial charge in [-0.15, -0.1) is 0 Å². The van der Waals surface area contributed by atoms with Crippen LogP contribution >= 0.6 is 12.6 Å². The van der Waals surface area contributed by atoms with E-state index in [9.17, 15) is 18.4 Å². The van der Waals surface area contributed by atoms with Crippen LogP contribution in [0.3, 0.4) is 0 Å². The highest BCUT2D eigenvalue weighted by Gasteiger charge is 2.21. The standard InChI is InChI=1S/C12H17F2N3O3S/c1-3-20-12(19)9(6-21)15-10(18)5-17-7(2)4-8(16-17)11(13)14/h4,9,11,21H,3,5-6H2,1-2H3,(H,15,18)/t9-/m0/s1. The van der Waals surface area contributed by atoms with Gasteiger partial charge < -0.3 is 10.1 Å². The van der Waals surface area contributed by atoms with Gasteiger partial charge in [-0.05, 0) is 19.9 Å². The quantitative estimate of drug-likeness (QED) is 0.583. The fourth-order valence-electron chi connectivity index (χ4n) is 1.60. The lowest BCUT2D eigenvalue weighted by atomic mass is 10.3. The van der Waals surface area contributed by atoms with Crippen LogP contribution in [0.25, 0.3) is 0 Å². The maximum Gasteiger partial charge on any atom is 0.329 e. The Kier molecular flexibility index (Phi) is 6.60. The number of carbonyl (C=O) groups excluding carboxylic acids is 2. The van der Waals surface area contributed by atoms with Gasteiger partial charge in [-0.3, -0.25) is 9.48 Å². The largest absolute Gasteiger partial charge is 0.464 e. The molecule has 21 heavy (non-hydrogen) atoms. The second kappa shape index (κ2) is 7.96. The molecule has 1 rings (SSSR count). The SMILES string of the molecule is CCOC(=O)[C@H](CS)NC(=O)Cn1nc(C(F)F)cc1C. The van der Waals surface area contributed by atoms with Gasteiger partial charge in [-0.25, -0.2) is 13.6 Å². The highest BCUT2D eigenvalue weighted by atomic mass is 32.1. The number of hydrogen-bond acceptors (Lipinski definition) is 5. The predicted octanol–water partition coefficient (Wildman–Crippen LogP) is 1.11. The number of aromatic nitrogens is 2. The number of hydrogen-bond donors (Lipinski definition) is 2. The average Bonchev–Trinajstić information content (AvgIpc) is 2.78. The summed E-state index contributed by atoms with van der Waals surface area (Å²) in [5.41, 5.74) is 0.0375. The Morgan fingerprint density at radius 1 is 1.52 bits per heavy atom. The fourth-order valence-corrected chi connectivity index (χ4v) is 1.84. The third kappa shape index (κ3) is 5.00. The molecule has 1 atom stereocenters. The molecule has 118 valence electrons. The minimum absolute atomic E-state index is 0.0744. The highest BCUT2D eigenvalue weighted by molar-refractivity contribution is 7.80. The second-order valence-corrected chi connectivity index (χ2v) is 4.59. The third-order valence-corrected chi connectivity index (χ3v) is 2.97. The van der Waals surface area contributed by atoms with E-state index in [1.807, 2.05) is 0 Å². The number of aryl methyl sites for hydroxylation is 1. The molecular weight excluding hydrogens is 304 g/mol. The molecule has 0 aliphatic carbocycles. The minimum atomic E-state index is -2.70. The van der Waals surface area contributed by atoms with Crippen molar-refractivity contribution >= 4 is 24.5 Å². The van der Waals surface area contributed by atoms with Crippen LogP contribution in [-0.2, 0) is 20.9 Å². The molecule has 0 aromatic carbocycles. The zero-order valence-electron chi connectivity index (χ0n) is 11.7. The first-order valence-corrected chi connectivity index (χ1v) is 6.91. The smallest absolute Gasteiger partial charge is 0.329 e. The molecule has 0 spiro atoms. The number of halogens is 2. The van der Waals surface area contributed by atoms with Gasteiger partial charge in [-0.1, -0.05) is 0 Å². The summed E-state index contributed by atoms with van der Waals surface area (Å²) in [6.07, 6.45) is -2.70. The van der Waals surface area contributed by atoms with Crippen LogP contribution in [0.1, 0.15) is 24.7 Å². The summed E-state index contributed by atoms with van der Waals surface area (Å²) in [5.74, 6) is -1.05. The number of ether oxygens (including phenoxy) is 1. The maximum absolute atomic E-state index is 12.5. The first-order valence-electron chi connectivity index (χ1n) is 6.28. The van der Waals surface area contributed by atoms with Crippen LogP contribution in [0.4, 0.5) is 8.78 Å². The summed E-state index contributed by atoms with van der Waals surface area (Å²) in [4.78, 5) is 23.3. The molecular formula is C12H17F2N3O3S. The van der Waals surface area contributed by atoms with E-state index in [4.69, 9.17) is 4.74 Å². The Morgan fingerprint density at radius 3 is 2.67 bits per heavy atom. The first-order chi connectivity index (χ1) is 9.88. The molecule has 1 heterocycles. The Morgan fingerprint density at radius 2 is 2.19 bits per heavy atom. The van der Waals surface area contributed by atoms with Crippen molar-refractivity contribution in [2.45, 2.75) is 32.9 Å². The lowest BCUT2D eigenvalue weighted by molar-refractivity contribution is -0.146. The van der Waals surface area contributed by atoms with Gasteiger partial charge in [0, 0.05) is 11.4 Å². The molecule has 0 radical (unpaired) electrons. The van der Waals surface area contributed by atoms with Crippen molar-refractivity contribution in [2.75, 3.05) is 12.4 Å². The Hall–Kier alpha value is -1.64. The predicted molar refractivity (Wildman–Crippen MR) is 74.3 cm³/mol. The molecule has 0 aliphatic rings. The average molecular weight is 321 g/mol. The normalized spacial score (nSPS) is 12.3. The van der Waals surface area contributed by atoms with Crippen molar-refractivity contribution in [3.8, 4) is 0 Å². The number of rotatable bonds is 7. The number of nitrogens with one attached hydrogen (secondary N) is 1. The number of thiol groups is 1. The van der Waals surface area contributed by atoms with E-state index in [1.54, 1.807) is 13.8 Å². The van der Waals surface area contributed by atoms with Gasteiger partial charge >= 0.3 is 5.97 Å². The van der Waals surface area contributed by atoms with Crippen molar-refractivity contribution in [1.29, 1.82) is 0 Å². The van der Waals surface area contributed by atoms with Gasteiger partial charge in [0.15, 0.2) is 0 Å². The molecule has 0 bridgehead atoms. The van der Waals surface area contributed by atoms with E-state index >= 15 is 0 Å². The van der Waals surface area contributed by atoms with Gasteiger partial charge in [0.05, 0.1) is 6.61 Å². The molecule has 0 unspecified atom stereocenters. The molecule has 6 nitrogen and oxygen atoms in total. The summed E-state index contributed by atoms with van der Waals surface area (Å²) in [6.45, 7) is 3.14. The van der Waals surface area contributed by atoms with Crippen LogP contribution in [0.2, 0.25) is 0 Å². The van der Waals surface area contributed by atoms with Gasteiger partial charge in [0.25, 0.3) is 6.43 Å². The van der Waals surface area contributed by atoms with Gasteiger partial charge in [0.2, 0.25) is 5.91 Å². The molecule has 0 fully saturated rings. The lowest BCUT2D eigenvalue weighted by Gasteiger charge is -2.15. The number of carbonyl (C=O) groups is 2. The maximum atomic E-state index is 12.5. The van der Waals surface area contributed by atoms with E-state index in [0.717, 1.165) is 4.68 Å². The molecule has 0 saturated carbocycles. The van der Waals surface area contributed by atoms with E-state index in [-0.39, 0.29) is 18.9 Å². The molecule has 0 aliphatic heterocycles. The van der Waals surface area contributed by atoms with E-state index in [1.165, 1.54) is 6.07 Å². The summed E-state index contributed by atoms with van der Waals surface area (Å²) in [6, 6.07) is 0.325. The zero-order valence-corrected chi connectivity index (χ0v) is 12.6. The van der Waals surface area contributed by atoms with Crippen molar-refractivity contribution in [3.63, 3.8) is 0 Å². The third-order valence-electron chi connectivity index (χ3n) is 2.61. The summed E-state index contributed by atoms with van der Waals surface area (Å²) in [7, 11) is 0. The number of nitrogens with zero attached hydrogens (tertiary/aromatic N) is 2. The molecule has 1 aromatic rings. The van der Waals surface area contributed by atoms with Crippen molar-refractivity contribution in [1.82, 2.24) is 15.1 Å². The lowest BCUT2D eigenvalue weighted by Crippen LogP contribution is -2.44. The van der Waals surface area contributed by atoms with Crippen molar-refractivity contribution in [3.05, 3.63) is 17.5 Å². The second-order valence-electron chi connectivity index (χ2n) is 4.22. The minimum Gasteiger partial charge on any atom is -0.464 e. The topological polar surface area (TPSA) is 73.2 Å². The van der Waals surface area contributed by atoms with Gasteiger partial charge in [0.1, 0.15) is 18.3 Å². The number of amides is 1. The molecule has 0 saturated heterocycles. The monoisotopic (exact) mass is 321 g/mol. The fraction of sp³-hybridized carbons (Fsp3) is 0.583. The van der Waals surface area contributed by atoms with Crippen LogP contribution in [0.5, 0.6) is 0 Å². The van der Waals surface area contributed by atoms with Crippen LogP contribution < -0.4 is 5.32 Å². The van der Waals surface area contributed by atoms with E-state index < -0.39 is 30.0 Å². The Bertz CT molecular complexity index is 508. The summed E-state index contributed by atoms with van der Waals surface area (Å²) in [5, 5.41) is 6.06. The highest BCUT2D eigenvalue weighted by Crippen LogP contribution is 2.17. The van der Waals surface area contributed by atoms with Crippen LogP contribution in [0.15, 0.2) is 6.07 Å². The van der Waals surface area contributed by atoms with Crippen LogP contribution in [0, 0.1) is 6.92 Å². The van der Waals surface area contributed by atoms with E-state index in [2.05, 4.69) is 23.0 Å². The number of alkyl halides is 2. The Balaban J connectivity index is 2.66. The van der Waals surface area contributed by atoms with Gasteiger partial charge in [-0.2, -0.15) is 17.7 Å². The zero-order chi connectivity index (χ0) is 16.0. The van der Waals surface area contributed by atoms with E-state index in [0.29, 0.717) is 5.69 Å². The molecule has 1 aromatic heterocycles. The van der Waals surface area contributed by atoms with Crippen molar-refractivity contribution in [2.24, 2.45) is 0 Å². The molecule has 9 heteroatoms. The summed E-state index contributed by atoms with van der Waals surface area (Å²) >= 11 is 3.96. The molecule has 1 N–H and O–H groups in total.